The van der Waals surface area contributed by atoms with E-state index in [1.165, 1.54) is 4.57 Å². The van der Waals surface area contributed by atoms with Gasteiger partial charge in [-0.3, -0.25) is 14.3 Å². The van der Waals surface area contributed by atoms with Gasteiger partial charge in [0.1, 0.15) is 5.65 Å². The molecule has 0 spiro atoms. The van der Waals surface area contributed by atoms with Crippen LogP contribution in [0, 0.1) is 4.77 Å². The Bertz CT molecular complexity index is 1010. The third kappa shape index (κ3) is 2.34. The van der Waals surface area contributed by atoms with E-state index in [0.29, 0.717) is 27.5 Å². The quantitative estimate of drug-likeness (QED) is 0.706. The molecule has 0 aliphatic heterocycles. The van der Waals surface area contributed by atoms with Crippen LogP contribution in [0.2, 0.25) is 5.02 Å². The molecule has 3 aromatic rings. The molecule has 6 nitrogen and oxygen atoms in total. The van der Waals surface area contributed by atoms with E-state index in [1.807, 2.05) is 12.1 Å². The van der Waals surface area contributed by atoms with Crippen molar-refractivity contribution >= 4 is 35.0 Å². The van der Waals surface area contributed by atoms with Crippen LogP contribution in [0.25, 0.3) is 11.2 Å². The van der Waals surface area contributed by atoms with Crippen LogP contribution in [0.1, 0.15) is 5.56 Å². The summed E-state index contributed by atoms with van der Waals surface area (Å²) >= 11 is 11.2. The van der Waals surface area contributed by atoms with Gasteiger partial charge >= 0.3 is 5.69 Å². The summed E-state index contributed by atoms with van der Waals surface area (Å²) in [6.07, 6.45) is 0. The maximum Gasteiger partial charge on any atom is 0.329 e. The number of nitrogens with one attached hydrogen (secondary N) is 2. The van der Waals surface area contributed by atoms with Gasteiger partial charge in [0.2, 0.25) is 0 Å². The lowest BCUT2D eigenvalue weighted by atomic mass is 10.2. The van der Waals surface area contributed by atoms with E-state index >= 15 is 0 Å². The number of halogens is 1. The van der Waals surface area contributed by atoms with Gasteiger partial charge in [-0.2, -0.15) is 0 Å². The Morgan fingerprint density at radius 2 is 2.05 bits per heavy atom. The number of hydrogen-bond acceptors (Lipinski definition) is 3. The maximum atomic E-state index is 12.1. The molecule has 0 unspecified atom stereocenters. The monoisotopic (exact) mass is 322 g/mol. The van der Waals surface area contributed by atoms with Crippen molar-refractivity contribution in [2.45, 2.75) is 6.54 Å². The minimum Gasteiger partial charge on any atom is -0.316 e. The fourth-order valence-electron chi connectivity index (χ4n) is 2.24. The van der Waals surface area contributed by atoms with Crippen molar-refractivity contribution < 1.29 is 0 Å². The van der Waals surface area contributed by atoms with Crippen molar-refractivity contribution in [1.82, 2.24) is 19.1 Å². The Kier molecular flexibility index (Phi) is 3.30. The average Bonchev–Trinajstić information content (AvgIpc) is 2.74. The summed E-state index contributed by atoms with van der Waals surface area (Å²) in [6, 6.07) is 7.30. The average molecular weight is 323 g/mol. The standard InChI is InChI=1S/C13H11ClN4O2S/c1-17-10-9(11(19)16-12(17)20)18(13(21)15-10)6-7-3-2-4-8(14)5-7/h2-5H,6H2,1H3,(H,15,21)(H,16,19,20). The topological polar surface area (TPSA) is 75.6 Å². The summed E-state index contributed by atoms with van der Waals surface area (Å²) in [5.41, 5.74) is 0.687. The number of fused-ring (bicyclic) bond motifs is 1. The molecule has 0 aliphatic rings. The van der Waals surface area contributed by atoms with Gasteiger partial charge in [0, 0.05) is 12.1 Å². The highest BCUT2D eigenvalue weighted by Gasteiger charge is 2.12. The molecular weight excluding hydrogens is 312 g/mol. The normalized spacial score (nSPS) is 11.1. The smallest absolute Gasteiger partial charge is 0.316 e. The van der Waals surface area contributed by atoms with Crippen LogP contribution in [0.3, 0.4) is 0 Å². The molecule has 0 atom stereocenters. The van der Waals surface area contributed by atoms with Gasteiger partial charge in [-0.15, -0.1) is 0 Å². The van der Waals surface area contributed by atoms with E-state index in [-0.39, 0.29) is 0 Å². The molecule has 0 saturated carbocycles. The molecule has 0 bridgehead atoms. The zero-order valence-electron chi connectivity index (χ0n) is 11.0. The number of hydrogen-bond donors (Lipinski definition) is 2. The molecule has 2 heterocycles. The van der Waals surface area contributed by atoms with Crippen molar-refractivity contribution in [2.75, 3.05) is 0 Å². The summed E-state index contributed by atoms with van der Waals surface area (Å²) in [4.78, 5) is 28.8. The SMILES string of the molecule is Cn1c(=O)[nH]c(=O)c2c1[nH]c(=S)n2Cc1cccc(Cl)c1. The van der Waals surface area contributed by atoms with Gasteiger partial charge in [0.15, 0.2) is 10.3 Å². The second-order valence-corrected chi connectivity index (χ2v) is 5.48. The van der Waals surface area contributed by atoms with E-state index < -0.39 is 11.2 Å². The van der Waals surface area contributed by atoms with Crippen LogP contribution in [-0.4, -0.2) is 19.1 Å². The fourth-order valence-corrected chi connectivity index (χ4v) is 2.71. The Balaban J connectivity index is 2.27. The molecule has 21 heavy (non-hydrogen) atoms. The van der Waals surface area contributed by atoms with Crippen LogP contribution in [0.15, 0.2) is 33.9 Å². The minimum atomic E-state index is -0.487. The molecule has 0 radical (unpaired) electrons. The molecule has 2 aromatic heterocycles. The Morgan fingerprint density at radius 1 is 1.29 bits per heavy atom. The van der Waals surface area contributed by atoms with Crippen molar-refractivity contribution in [3.8, 4) is 0 Å². The van der Waals surface area contributed by atoms with Crippen molar-refractivity contribution in [1.29, 1.82) is 0 Å². The van der Waals surface area contributed by atoms with E-state index in [1.54, 1.807) is 23.7 Å². The van der Waals surface area contributed by atoms with Gasteiger partial charge in [-0.25, -0.2) is 4.79 Å². The first-order valence-corrected chi connectivity index (χ1v) is 6.92. The summed E-state index contributed by atoms with van der Waals surface area (Å²) in [7, 11) is 1.57. The number of aromatic amines is 2. The molecule has 0 saturated heterocycles. The van der Waals surface area contributed by atoms with E-state index in [9.17, 15) is 9.59 Å². The molecule has 0 fully saturated rings. The molecule has 8 heteroatoms. The van der Waals surface area contributed by atoms with Gasteiger partial charge in [0.25, 0.3) is 5.56 Å². The number of aromatic nitrogens is 4. The lowest BCUT2D eigenvalue weighted by Gasteiger charge is -2.05. The molecule has 0 aliphatic carbocycles. The number of nitrogens with zero attached hydrogens (tertiary/aromatic N) is 2. The largest absolute Gasteiger partial charge is 0.329 e. The number of imidazole rings is 1. The molecule has 3 rings (SSSR count). The predicted molar refractivity (Wildman–Crippen MR) is 83.5 cm³/mol. The number of benzene rings is 1. The van der Waals surface area contributed by atoms with Crippen LogP contribution < -0.4 is 11.2 Å². The second kappa shape index (κ2) is 5.01. The molecule has 0 amide bonds. The third-order valence-corrected chi connectivity index (χ3v) is 3.83. The van der Waals surface area contributed by atoms with Gasteiger partial charge in [-0.05, 0) is 29.9 Å². The molecular formula is C13H11ClN4O2S. The first kappa shape index (κ1) is 13.8. The summed E-state index contributed by atoms with van der Waals surface area (Å²) in [5.74, 6) is 0. The molecule has 1 aromatic carbocycles. The number of H-pyrrole nitrogens is 2. The summed E-state index contributed by atoms with van der Waals surface area (Å²) in [6.45, 7) is 0.390. The third-order valence-electron chi connectivity index (χ3n) is 3.27. The van der Waals surface area contributed by atoms with Gasteiger partial charge in [-0.1, -0.05) is 23.7 Å². The van der Waals surface area contributed by atoms with Crippen molar-refractivity contribution in [3.63, 3.8) is 0 Å². The first-order chi connectivity index (χ1) is 9.97. The predicted octanol–water partition coefficient (Wildman–Crippen LogP) is 1.79. The zero-order valence-corrected chi connectivity index (χ0v) is 12.6. The van der Waals surface area contributed by atoms with Crippen molar-refractivity contribution in [2.24, 2.45) is 7.05 Å². The fraction of sp³-hybridized carbons (Fsp3) is 0.154. The summed E-state index contributed by atoms with van der Waals surface area (Å²) < 4.78 is 3.34. The highest BCUT2D eigenvalue weighted by molar-refractivity contribution is 7.71. The number of aryl methyl sites for hydroxylation is 1. The van der Waals surface area contributed by atoms with E-state index in [0.717, 1.165) is 5.56 Å². The molecule has 2 N–H and O–H groups in total. The van der Waals surface area contributed by atoms with Crippen LogP contribution >= 0.6 is 23.8 Å². The van der Waals surface area contributed by atoms with Crippen LogP contribution in [-0.2, 0) is 13.6 Å². The molecule has 108 valence electrons. The second-order valence-electron chi connectivity index (χ2n) is 4.66. The summed E-state index contributed by atoms with van der Waals surface area (Å²) in [5, 5.41) is 0.611. The Morgan fingerprint density at radius 3 is 2.76 bits per heavy atom. The number of rotatable bonds is 2. The zero-order chi connectivity index (χ0) is 15.1. The van der Waals surface area contributed by atoms with Crippen molar-refractivity contribution in [3.05, 3.63) is 60.5 Å². The first-order valence-electron chi connectivity index (χ1n) is 6.13. The highest BCUT2D eigenvalue weighted by Crippen LogP contribution is 2.14. The van der Waals surface area contributed by atoms with E-state index in [4.69, 9.17) is 23.8 Å². The Labute approximate surface area is 128 Å². The lowest BCUT2D eigenvalue weighted by molar-refractivity contribution is 0.798. The Hall–Kier alpha value is -2.12. The lowest BCUT2D eigenvalue weighted by Crippen LogP contribution is -2.29. The van der Waals surface area contributed by atoms with E-state index in [2.05, 4.69) is 9.97 Å². The minimum absolute atomic E-state index is 0.335. The van der Waals surface area contributed by atoms with Gasteiger partial charge < -0.3 is 9.55 Å². The van der Waals surface area contributed by atoms with Crippen LogP contribution in [0.4, 0.5) is 0 Å². The maximum absolute atomic E-state index is 12.1. The highest BCUT2D eigenvalue weighted by atomic mass is 35.5. The van der Waals surface area contributed by atoms with Crippen LogP contribution in [0.5, 0.6) is 0 Å². The van der Waals surface area contributed by atoms with Gasteiger partial charge in [0.05, 0.1) is 6.54 Å².